The van der Waals surface area contributed by atoms with E-state index in [-0.39, 0.29) is 6.10 Å². The van der Waals surface area contributed by atoms with E-state index in [0.29, 0.717) is 42.5 Å². The van der Waals surface area contributed by atoms with Crippen molar-refractivity contribution in [1.82, 2.24) is 14.3 Å². The van der Waals surface area contributed by atoms with E-state index in [4.69, 9.17) is 4.74 Å². The molecule has 0 bridgehead atoms. The van der Waals surface area contributed by atoms with Gasteiger partial charge in [-0.1, -0.05) is 6.07 Å². The summed E-state index contributed by atoms with van der Waals surface area (Å²) in [4.78, 5) is 9.04. The molecular weight excluding hydrogens is 374 g/mol. The average molecular weight is 404 g/mol. The molecule has 3 rings (SSSR count). The van der Waals surface area contributed by atoms with Gasteiger partial charge in [-0.25, -0.2) is 13.4 Å². The molecule has 6 nitrogen and oxygen atoms in total. The van der Waals surface area contributed by atoms with Crippen molar-refractivity contribution in [3.8, 4) is 5.88 Å². The Hall–Kier alpha value is -1.99. The van der Waals surface area contributed by atoms with Crippen molar-refractivity contribution in [3.63, 3.8) is 0 Å². The molecule has 2 heterocycles. The predicted octanol–water partition coefficient (Wildman–Crippen LogP) is 3.56. The summed E-state index contributed by atoms with van der Waals surface area (Å²) < 4.78 is 34.3. The molecule has 7 heteroatoms. The van der Waals surface area contributed by atoms with Crippen LogP contribution in [0.3, 0.4) is 0 Å². The summed E-state index contributed by atoms with van der Waals surface area (Å²) in [6.45, 7) is 12.4. The van der Waals surface area contributed by atoms with Gasteiger partial charge in [-0.2, -0.15) is 9.29 Å². The summed E-state index contributed by atoms with van der Waals surface area (Å²) in [6, 6.07) is 3.87. The first-order chi connectivity index (χ1) is 13.1. The highest BCUT2D eigenvalue weighted by Crippen LogP contribution is 2.30. The van der Waals surface area contributed by atoms with Gasteiger partial charge in [-0.15, -0.1) is 0 Å². The highest BCUT2D eigenvalue weighted by molar-refractivity contribution is 7.89. The molecule has 1 aliphatic heterocycles. The van der Waals surface area contributed by atoms with Crippen LogP contribution >= 0.6 is 0 Å². The first-order valence-electron chi connectivity index (χ1n) is 9.66. The zero-order valence-corrected chi connectivity index (χ0v) is 18.4. The van der Waals surface area contributed by atoms with Gasteiger partial charge in [0.15, 0.2) is 0 Å². The van der Waals surface area contributed by atoms with Crippen LogP contribution in [0.5, 0.6) is 5.88 Å². The third kappa shape index (κ3) is 4.05. The van der Waals surface area contributed by atoms with Crippen molar-refractivity contribution in [1.29, 1.82) is 0 Å². The van der Waals surface area contributed by atoms with Gasteiger partial charge in [0.1, 0.15) is 11.9 Å². The summed E-state index contributed by atoms with van der Waals surface area (Å²) in [5.74, 6) is 1.24. The second kappa shape index (κ2) is 7.79. The monoisotopic (exact) mass is 403 g/mol. The molecule has 1 aromatic carbocycles. The molecule has 0 N–H and O–H groups in total. The van der Waals surface area contributed by atoms with E-state index in [0.717, 1.165) is 27.9 Å². The zero-order chi connectivity index (χ0) is 20.6. The number of benzene rings is 1. The van der Waals surface area contributed by atoms with Crippen LogP contribution in [-0.4, -0.2) is 41.9 Å². The van der Waals surface area contributed by atoms with Gasteiger partial charge in [0.05, 0.1) is 4.90 Å². The number of nitrogens with zero attached hydrogens (tertiary/aromatic N) is 3. The van der Waals surface area contributed by atoms with Crippen LogP contribution in [0, 0.1) is 41.5 Å². The molecule has 0 saturated carbocycles. The second-order valence-electron chi connectivity index (χ2n) is 7.71. The van der Waals surface area contributed by atoms with Crippen molar-refractivity contribution >= 4 is 10.0 Å². The van der Waals surface area contributed by atoms with Gasteiger partial charge < -0.3 is 4.74 Å². The second-order valence-corrected chi connectivity index (χ2v) is 9.58. The van der Waals surface area contributed by atoms with Gasteiger partial charge in [0, 0.05) is 24.8 Å². The van der Waals surface area contributed by atoms with E-state index < -0.39 is 10.0 Å². The molecule has 2 aromatic rings. The Labute approximate surface area is 168 Å². The number of ether oxygens (including phenoxy) is 1. The quantitative estimate of drug-likeness (QED) is 0.780. The maximum atomic E-state index is 13.4. The number of rotatable bonds is 4. The van der Waals surface area contributed by atoms with Gasteiger partial charge in [0.2, 0.25) is 15.9 Å². The molecule has 0 unspecified atom stereocenters. The summed E-state index contributed by atoms with van der Waals surface area (Å²) in [5, 5.41) is 0. The molecule has 0 amide bonds. The van der Waals surface area contributed by atoms with Crippen LogP contribution in [-0.2, 0) is 10.0 Å². The lowest BCUT2D eigenvalue weighted by Crippen LogP contribution is -2.42. The third-order valence-corrected chi connectivity index (χ3v) is 7.70. The van der Waals surface area contributed by atoms with Crippen LogP contribution in [0.2, 0.25) is 0 Å². The number of aromatic nitrogens is 2. The molecule has 1 aliphatic rings. The van der Waals surface area contributed by atoms with Crippen LogP contribution in [0.1, 0.15) is 46.6 Å². The van der Waals surface area contributed by atoms with E-state index in [1.807, 2.05) is 47.6 Å². The minimum absolute atomic E-state index is 0.0402. The number of sulfonamides is 1. The van der Waals surface area contributed by atoms with Gasteiger partial charge in [-0.3, -0.25) is 0 Å². The van der Waals surface area contributed by atoms with Crippen molar-refractivity contribution in [3.05, 3.63) is 45.9 Å². The Morgan fingerprint density at radius 1 is 0.929 bits per heavy atom. The Balaban J connectivity index is 1.76. The minimum atomic E-state index is -3.53. The van der Waals surface area contributed by atoms with Crippen molar-refractivity contribution in [2.75, 3.05) is 13.1 Å². The molecule has 0 aliphatic carbocycles. The highest BCUT2D eigenvalue weighted by Gasteiger charge is 2.33. The Bertz CT molecular complexity index is 948. The number of aryl methyl sites for hydroxylation is 4. The summed E-state index contributed by atoms with van der Waals surface area (Å²) in [7, 11) is -3.53. The number of hydrogen-bond acceptors (Lipinski definition) is 5. The first kappa shape index (κ1) is 20.7. The smallest absolute Gasteiger partial charge is 0.243 e. The van der Waals surface area contributed by atoms with E-state index in [2.05, 4.69) is 16.0 Å². The fourth-order valence-electron chi connectivity index (χ4n) is 3.80. The van der Waals surface area contributed by atoms with Gasteiger partial charge >= 0.3 is 0 Å². The standard InChI is InChI=1S/C21H29N3O3S/c1-13-11-14(2)17(5)21(16(13)4)28(25,26)24-9-7-19(8-10-24)27-20-12-15(3)22-18(6)23-20/h11-12,19H,7-10H2,1-6H3. The van der Waals surface area contributed by atoms with Crippen LogP contribution < -0.4 is 4.74 Å². The van der Waals surface area contributed by atoms with Crippen LogP contribution in [0.25, 0.3) is 0 Å². The fraction of sp³-hybridized carbons (Fsp3) is 0.524. The lowest BCUT2D eigenvalue weighted by atomic mass is 10.0. The molecule has 1 fully saturated rings. The van der Waals surface area contributed by atoms with E-state index in [9.17, 15) is 8.42 Å². The van der Waals surface area contributed by atoms with Crippen LogP contribution in [0.15, 0.2) is 17.0 Å². The maximum absolute atomic E-state index is 13.4. The number of hydrogen-bond donors (Lipinski definition) is 0. The summed E-state index contributed by atoms with van der Waals surface area (Å²) in [6.07, 6.45) is 1.25. The zero-order valence-electron chi connectivity index (χ0n) is 17.5. The molecule has 1 aromatic heterocycles. The molecular formula is C21H29N3O3S. The maximum Gasteiger partial charge on any atom is 0.243 e. The first-order valence-corrected chi connectivity index (χ1v) is 11.1. The predicted molar refractivity (Wildman–Crippen MR) is 109 cm³/mol. The SMILES string of the molecule is Cc1cc(OC2CCN(S(=O)(=O)c3c(C)c(C)cc(C)c3C)CC2)nc(C)n1. The van der Waals surface area contributed by atoms with Crippen molar-refractivity contribution in [2.45, 2.75) is 65.4 Å². The number of piperidine rings is 1. The fourth-order valence-corrected chi connectivity index (χ4v) is 5.85. The molecule has 0 radical (unpaired) electrons. The molecule has 0 atom stereocenters. The molecule has 152 valence electrons. The topological polar surface area (TPSA) is 72.4 Å². The lowest BCUT2D eigenvalue weighted by Gasteiger charge is -2.32. The van der Waals surface area contributed by atoms with Crippen LogP contribution in [0.4, 0.5) is 0 Å². The highest BCUT2D eigenvalue weighted by atomic mass is 32.2. The van der Waals surface area contributed by atoms with Gasteiger partial charge in [-0.05, 0) is 76.6 Å². The molecule has 1 saturated heterocycles. The Morgan fingerprint density at radius 2 is 1.50 bits per heavy atom. The minimum Gasteiger partial charge on any atom is -0.474 e. The third-order valence-electron chi connectivity index (χ3n) is 5.53. The molecule has 28 heavy (non-hydrogen) atoms. The summed E-state index contributed by atoms with van der Waals surface area (Å²) >= 11 is 0. The van der Waals surface area contributed by atoms with E-state index >= 15 is 0 Å². The largest absolute Gasteiger partial charge is 0.474 e. The van der Waals surface area contributed by atoms with E-state index in [1.165, 1.54) is 0 Å². The Morgan fingerprint density at radius 3 is 2.04 bits per heavy atom. The molecule has 0 spiro atoms. The lowest BCUT2D eigenvalue weighted by molar-refractivity contribution is 0.129. The van der Waals surface area contributed by atoms with Gasteiger partial charge in [0.25, 0.3) is 0 Å². The summed E-state index contributed by atoms with van der Waals surface area (Å²) in [5.41, 5.74) is 4.56. The van der Waals surface area contributed by atoms with Crippen molar-refractivity contribution < 1.29 is 13.2 Å². The Kier molecular flexibility index (Phi) is 5.77. The average Bonchev–Trinajstić information content (AvgIpc) is 2.59. The van der Waals surface area contributed by atoms with E-state index in [1.54, 1.807) is 4.31 Å². The van der Waals surface area contributed by atoms with Crippen molar-refractivity contribution in [2.24, 2.45) is 0 Å². The normalized spacial score (nSPS) is 16.4.